The van der Waals surface area contributed by atoms with Gasteiger partial charge >= 0.3 is 0 Å². The standard InChI is InChI=1S/C16H29N3OS/c1-11(2)17-8-13-12(3)18-14(21-13)19-9-15(4,5)20-16(6,7)10-19/h11,17H,8-10H2,1-7H3. The molecule has 4 nitrogen and oxygen atoms in total. The maximum absolute atomic E-state index is 6.15. The molecule has 0 aromatic carbocycles. The molecule has 1 aromatic heterocycles. The van der Waals surface area contributed by atoms with E-state index in [1.165, 1.54) is 4.88 Å². The van der Waals surface area contributed by atoms with E-state index in [1.807, 2.05) is 0 Å². The Kier molecular flexibility index (Phi) is 4.66. The molecule has 0 unspecified atom stereocenters. The van der Waals surface area contributed by atoms with Gasteiger partial charge in [-0.25, -0.2) is 4.98 Å². The molecule has 21 heavy (non-hydrogen) atoms. The second-order valence-electron chi connectivity index (χ2n) is 7.52. The van der Waals surface area contributed by atoms with Crippen molar-refractivity contribution in [3.8, 4) is 0 Å². The van der Waals surface area contributed by atoms with E-state index in [-0.39, 0.29) is 11.2 Å². The van der Waals surface area contributed by atoms with Gasteiger partial charge in [-0.1, -0.05) is 13.8 Å². The zero-order chi connectivity index (χ0) is 15.8. The van der Waals surface area contributed by atoms with Crippen LogP contribution in [0, 0.1) is 6.92 Å². The molecule has 1 fully saturated rings. The molecule has 1 aliphatic heterocycles. The number of aryl methyl sites for hydroxylation is 1. The smallest absolute Gasteiger partial charge is 0.186 e. The van der Waals surface area contributed by atoms with Crippen molar-refractivity contribution < 1.29 is 4.74 Å². The first-order chi connectivity index (χ1) is 9.58. The minimum Gasteiger partial charge on any atom is -0.366 e. The van der Waals surface area contributed by atoms with Crippen LogP contribution in [-0.2, 0) is 11.3 Å². The van der Waals surface area contributed by atoms with Crippen molar-refractivity contribution >= 4 is 16.5 Å². The lowest BCUT2D eigenvalue weighted by Gasteiger charge is -2.47. The van der Waals surface area contributed by atoms with Gasteiger partial charge in [-0.15, -0.1) is 11.3 Å². The van der Waals surface area contributed by atoms with E-state index in [1.54, 1.807) is 11.3 Å². The predicted molar refractivity (Wildman–Crippen MR) is 90.3 cm³/mol. The highest BCUT2D eigenvalue weighted by molar-refractivity contribution is 7.15. The highest BCUT2D eigenvalue weighted by atomic mass is 32.1. The Morgan fingerprint density at radius 1 is 1.24 bits per heavy atom. The van der Waals surface area contributed by atoms with Gasteiger partial charge in [0.25, 0.3) is 0 Å². The number of hydrogen-bond acceptors (Lipinski definition) is 5. The average Bonchev–Trinajstić information content (AvgIpc) is 2.64. The van der Waals surface area contributed by atoms with E-state index < -0.39 is 0 Å². The van der Waals surface area contributed by atoms with Gasteiger partial charge in [0, 0.05) is 30.6 Å². The second-order valence-corrected chi connectivity index (χ2v) is 8.58. The summed E-state index contributed by atoms with van der Waals surface area (Å²) in [6.07, 6.45) is 0. The summed E-state index contributed by atoms with van der Waals surface area (Å²) in [6.45, 7) is 17.7. The van der Waals surface area contributed by atoms with Crippen LogP contribution in [0.2, 0.25) is 0 Å². The Morgan fingerprint density at radius 3 is 2.33 bits per heavy atom. The minimum atomic E-state index is -0.141. The Morgan fingerprint density at radius 2 is 1.81 bits per heavy atom. The molecule has 5 heteroatoms. The largest absolute Gasteiger partial charge is 0.366 e. The first kappa shape index (κ1) is 16.7. The summed E-state index contributed by atoms with van der Waals surface area (Å²) in [4.78, 5) is 8.50. The summed E-state index contributed by atoms with van der Waals surface area (Å²) in [5.41, 5.74) is 0.861. The van der Waals surface area contributed by atoms with Gasteiger partial charge in [-0.3, -0.25) is 0 Å². The number of nitrogens with zero attached hydrogens (tertiary/aromatic N) is 2. The van der Waals surface area contributed by atoms with Crippen molar-refractivity contribution in [1.29, 1.82) is 0 Å². The lowest BCUT2D eigenvalue weighted by atomic mass is 9.99. The fourth-order valence-electron chi connectivity index (χ4n) is 2.93. The van der Waals surface area contributed by atoms with Crippen LogP contribution < -0.4 is 10.2 Å². The van der Waals surface area contributed by atoms with Crippen LogP contribution in [0.25, 0.3) is 0 Å². The number of anilines is 1. The highest BCUT2D eigenvalue weighted by Gasteiger charge is 2.39. The van der Waals surface area contributed by atoms with Crippen molar-refractivity contribution in [3.05, 3.63) is 10.6 Å². The Labute approximate surface area is 132 Å². The third kappa shape index (κ3) is 4.41. The number of morpholine rings is 1. The molecule has 1 aromatic rings. The van der Waals surface area contributed by atoms with E-state index >= 15 is 0 Å². The van der Waals surface area contributed by atoms with Crippen LogP contribution in [0.1, 0.15) is 52.1 Å². The lowest BCUT2D eigenvalue weighted by Crippen LogP contribution is -2.57. The normalized spacial score (nSPS) is 21.0. The number of thiazole rings is 1. The van der Waals surface area contributed by atoms with Crippen molar-refractivity contribution in [2.75, 3.05) is 18.0 Å². The van der Waals surface area contributed by atoms with Crippen LogP contribution in [0.15, 0.2) is 0 Å². The number of ether oxygens (including phenoxy) is 1. The summed E-state index contributed by atoms with van der Waals surface area (Å²) < 4.78 is 6.15. The number of hydrogen-bond donors (Lipinski definition) is 1. The molecule has 0 radical (unpaired) electrons. The fourth-order valence-corrected chi connectivity index (χ4v) is 3.94. The molecule has 1 N–H and O–H groups in total. The summed E-state index contributed by atoms with van der Waals surface area (Å²) in [5.74, 6) is 0. The van der Waals surface area contributed by atoms with Gasteiger partial charge in [0.15, 0.2) is 5.13 Å². The number of rotatable bonds is 4. The molecule has 0 spiro atoms. The molecule has 1 aliphatic rings. The maximum Gasteiger partial charge on any atom is 0.186 e. The average molecular weight is 311 g/mol. The monoisotopic (exact) mass is 311 g/mol. The Hall–Kier alpha value is -0.650. The summed E-state index contributed by atoms with van der Waals surface area (Å²) in [6, 6.07) is 0.496. The molecular formula is C16H29N3OS. The third-order valence-corrected chi connectivity index (χ3v) is 4.74. The molecule has 0 atom stereocenters. The SMILES string of the molecule is Cc1nc(N2CC(C)(C)OC(C)(C)C2)sc1CNC(C)C. The van der Waals surface area contributed by atoms with E-state index in [0.29, 0.717) is 6.04 Å². The molecule has 1 saturated heterocycles. The first-order valence-corrected chi connectivity index (χ1v) is 8.54. The fraction of sp³-hybridized carbons (Fsp3) is 0.812. The summed E-state index contributed by atoms with van der Waals surface area (Å²) >= 11 is 1.81. The van der Waals surface area contributed by atoms with Crippen LogP contribution in [0.4, 0.5) is 5.13 Å². The molecule has 120 valence electrons. The van der Waals surface area contributed by atoms with Gasteiger partial charge in [0.1, 0.15) is 0 Å². The Bertz CT molecular complexity index is 478. The zero-order valence-corrected chi connectivity index (χ0v) is 15.2. The van der Waals surface area contributed by atoms with Crippen molar-refractivity contribution in [1.82, 2.24) is 10.3 Å². The highest BCUT2D eigenvalue weighted by Crippen LogP contribution is 2.34. The van der Waals surface area contributed by atoms with Gasteiger partial charge in [-0.2, -0.15) is 0 Å². The van der Waals surface area contributed by atoms with E-state index in [0.717, 1.165) is 30.5 Å². The zero-order valence-electron chi connectivity index (χ0n) is 14.4. The topological polar surface area (TPSA) is 37.4 Å². The molecule has 2 rings (SSSR count). The van der Waals surface area contributed by atoms with E-state index in [4.69, 9.17) is 9.72 Å². The molecule has 0 saturated carbocycles. The number of nitrogens with one attached hydrogen (secondary N) is 1. The minimum absolute atomic E-state index is 0.141. The molecule has 2 heterocycles. The van der Waals surface area contributed by atoms with Crippen LogP contribution in [0.3, 0.4) is 0 Å². The lowest BCUT2D eigenvalue weighted by molar-refractivity contribution is -0.133. The quantitative estimate of drug-likeness (QED) is 0.925. The van der Waals surface area contributed by atoms with Gasteiger partial charge in [0.2, 0.25) is 0 Å². The second kappa shape index (κ2) is 5.86. The van der Waals surface area contributed by atoms with E-state index in [9.17, 15) is 0 Å². The van der Waals surface area contributed by atoms with Crippen LogP contribution in [-0.4, -0.2) is 35.3 Å². The van der Waals surface area contributed by atoms with Crippen LogP contribution >= 0.6 is 11.3 Å². The first-order valence-electron chi connectivity index (χ1n) is 7.73. The molecule has 0 aliphatic carbocycles. The molecule has 0 amide bonds. The van der Waals surface area contributed by atoms with Crippen LogP contribution in [0.5, 0.6) is 0 Å². The van der Waals surface area contributed by atoms with Gasteiger partial charge < -0.3 is 15.0 Å². The van der Waals surface area contributed by atoms with Crippen molar-refractivity contribution in [2.45, 2.75) is 72.3 Å². The van der Waals surface area contributed by atoms with Crippen molar-refractivity contribution in [2.24, 2.45) is 0 Å². The Balaban J connectivity index is 2.16. The van der Waals surface area contributed by atoms with Gasteiger partial charge in [0.05, 0.1) is 16.9 Å². The molecule has 0 bridgehead atoms. The third-order valence-electron chi connectivity index (χ3n) is 3.52. The van der Waals surface area contributed by atoms with E-state index in [2.05, 4.69) is 58.7 Å². The maximum atomic E-state index is 6.15. The number of aromatic nitrogens is 1. The summed E-state index contributed by atoms with van der Waals surface area (Å²) in [5, 5.41) is 4.60. The van der Waals surface area contributed by atoms with Gasteiger partial charge in [-0.05, 0) is 34.6 Å². The van der Waals surface area contributed by atoms with Crippen molar-refractivity contribution in [3.63, 3.8) is 0 Å². The molecular weight excluding hydrogens is 282 g/mol. The summed E-state index contributed by atoms with van der Waals surface area (Å²) in [7, 11) is 0. The predicted octanol–water partition coefficient (Wildman–Crippen LogP) is 3.34.